The molecule has 0 amide bonds. The zero-order valence-corrected chi connectivity index (χ0v) is 13.5. The molecule has 3 heteroatoms. The number of hydrogen-bond donors (Lipinski definition) is 0. The molecule has 0 radical (unpaired) electrons. The van der Waals surface area contributed by atoms with Crippen molar-refractivity contribution in [3.8, 4) is 0 Å². The van der Waals surface area contributed by atoms with Crippen molar-refractivity contribution in [2.75, 3.05) is 14.2 Å². The van der Waals surface area contributed by atoms with Crippen LogP contribution in [0, 0.1) is 35.5 Å². The van der Waals surface area contributed by atoms with Gasteiger partial charge in [-0.2, -0.15) is 0 Å². The van der Waals surface area contributed by atoms with Gasteiger partial charge in [-0.15, -0.1) is 0 Å². The third-order valence-corrected chi connectivity index (χ3v) is 9.62. The second-order valence-corrected chi connectivity index (χ2v) is 10.1. The minimum atomic E-state index is -1.53. The van der Waals surface area contributed by atoms with Gasteiger partial charge in [0, 0.05) is 19.3 Å². The Morgan fingerprint density at radius 3 is 2.58 bits per heavy atom. The second kappa shape index (κ2) is 4.19. The summed E-state index contributed by atoms with van der Waals surface area (Å²) in [5.41, 5.74) is 0. The van der Waals surface area contributed by atoms with Gasteiger partial charge in [-0.1, -0.05) is 25.5 Å². The molecule has 106 valence electrons. The molecule has 0 aliphatic heterocycles. The summed E-state index contributed by atoms with van der Waals surface area (Å²) in [4.78, 5) is 0. The molecule has 0 heterocycles. The Morgan fingerprint density at radius 2 is 1.89 bits per heavy atom. The van der Waals surface area contributed by atoms with Crippen LogP contribution in [0.3, 0.4) is 0 Å². The molecule has 0 aromatic rings. The Kier molecular flexibility index (Phi) is 2.78. The Morgan fingerprint density at radius 1 is 1.16 bits per heavy atom. The quantitative estimate of drug-likeness (QED) is 0.447. The third-order valence-electron chi connectivity index (χ3n) is 6.96. The highest BCUT2D eigenvalue weighted by molar-refractivity contribution is 6.49. The van der Waals surface area contributed by atoms with Crippen molar-refractivity contribution in [1.82, 2.24) is 0 Å². The largest absolute Gasteiger partial charge is 0.400 e. The molecule has 4 aliphatic rings. The maximum atomic E-state index is 5.91. The Bertz CT molecular complexity index is 406. The van der Waals surface area contributed by atoms with E-state index in [0.717, 1.165) is 35.5 Å². The van der Waals surface area contributed by atoms with E-state index in [-0.39, 0.29) is 0 Å². The van der Waals surface area contributed by atoms with Crippen molar-refractivity contribution in [3.05, 3.63) is 12.2 Å². The van der Waals surface area contributed by atoms with Crippen LogP contribution in [0.15, 0.2) is 12.2 Å². The van der Waals surface area contributed by atoms with Gasteiger partial charge in [0.2, 0.25) is 0 Å². The minimum Gasteiger partial charge on any atom is -0.400 e. The molecule has 4 bridgehead atoms. The summed E-state index contributed by atoms with van der Waals surface area (Å²) in [6.07, 6.45) is 10.6. The lowest BCUT2D eigenvalue weighted by Gasteiger charge is -2.45. The number of allylic oxidation sites excluding steroid dienone is 2. The standard InChI is InChI=1S/C16H26O2Si/c1-4-10-8-16(19(17-2)18-3)9-13(10)14-11-5-6-12(7-11)15(14)16/h5-6,10-15,19H,4,7-9H2,1-3H3. The van der Waals surface area contributed by atoms with Crippen molar-refractivity contribution < 1.29 is 8.85 Å². The highest BCUT2D eigenvalue weighted by Crippen LogP contribution is 2.77. The van der Waals surface area contributed by atoms with Crippen molar-refractivity contribution >= 4 is 9.28 Å². The molecule has 7 unspecified atom stereocenters. The van der Waals surface area contributed by atoms with Crippen LogP contribution >= 0.6 is 0 Å². The summed E-state index contributed by atoms with van der Waals surface area (Å²) in [5.74, 6) is 5.50. The van der Waals surface area contributed by atoms with Gasteiger partial charge in [-0.25, -0.2) is 0 Å². The SMILES string of the molecule is CCC1CC2([SiH](OC)OC)CC1C1C3C=CC(C3)C12. The van der Waals surface area contributed by atoms with Gasteiger partial charge >= 0.3 is 9.28 Å². The van der Waals surface area contributed by atoms with Crippen molar-refractivity contribution in [3.63, 3.8) is 0 Å². The lowest BCUT2D eigenvalue weighted by Crippen LogP contribution is -2.44. The van der Waals surface area contributed by atoms with E-state index in [1.165, 1.54) is 25.7 Å². The summed E-state index contributed by atoms with van der Waals surface area (Å²) in [7, 11) is 2.25. The van der Waals surface area contributed by atoms with Crippen LogP contribution in [0.1, 0.15) is 32.6 Å². The van der Waals surface area contributed by atoms with E-state index in [4.69, 9.17) is 8.85 Å². The minimum absolute atomic E-state index is 0.448. The van der Waals surface area contributed by atoms with Crippen LogP contribution in [0.2, 0.25) is 5.04 Å². The summed E-state index contributed by atoms with van der Waals surface area (Å²) >= 11 is 0. The fourth-order valence-electron chi connectivity index (χ4n) is 6.67. The topological polar surface area (TPSA) is 18.5 Å². The lowest BCUT2D eigenvalue weighted by atomic mass is 9.68. The van der Waals surface area contributed by atoms with E-state index >= 15 is 0 Å². The summed E-state index contributed by atoms with van der Waals surface area (Å²) < 4.78 is 11.8. The molecule has 0 aromatic heterocycles. The van der Waals surface area contributed by atoms with Gasteiger partial charge in [0.15, 0.2) is 0 Å². The average Bonchev–Trinajstić information content (AvgIpc) is 3.16. The monoisotopic (exact) mass is 278 g/mol. The Labute approximate surface area is 118 Å². The predicted molar refractivity (Wildman–Crippen MR) is 78.1 cm³/mol. The summed E-state index contributed by atoms with van der Waals surface area (Å²) in [5, 5.41) is 0.448. The van der Waals surface area contributed by atoms with Crippen LogP contribution in [-0.4, -0.2) is 23.5 Å². The van der Waals surface area contributed by atoms with E-state index in [0.29, 0.717) is 5.04 Å². The summed E-state index contributed by atoms with van der Waals surface area (Å²) in [6.45, 7) is 2.38. The second-order valence-electron chi connectivity index (χ2n) is 7.33. The van der Waals surface area contributed by atoms with Crippen molar-refractivity contribution in [2.24, 2.45) is 35.5 Å². The fourth-order valence-corrected chi connectivity index (χ4v) is 9.54. The van der Waals surface area contributed by atoms with Gasteiger partial charge < -0.3 is 8.85 Å². The molecule has 19 heavy (non-hydrogen) atoms. The first-order valence-electron chi connectivity index (χ1n) is 7.99. The zero-order chi connectivity index (χ0) is 13.2. The van der Waals surface area contributed by atoms with E-state index in [9.17, 15) is 0 Å². The number of fused-ring (bicyclic) bond motifs is 9. The van der Waals surface area contributed by atoms with Gasteiger partial charge in [0.05, 0.1) is 0 Å². The fraction of sp³-hybridized carbons (Fsp3) is 0.875. The van der Waals surface area contributed by atoms with Crippen LogP contribution < -0.4 is 0 Å². The third kappa shape index (κ3) is 1.39. The molecule has 0 aromatic carbocycles. The molecule has 3 fully saturated rings. The number of rotatable bonds is 4. The van der Waals surface area contributed by atoms with Crippen molar-refractivity contribution in [1.29, 1.82) is 0 Å². The first-order valence-corrected chi connectivity index (χ1v) is 9.51. The van der Waals surface area contributed by atoms with E-state index in [2.05, 4.69) is 19.1 Å². The maximum Gasteiger partial charge on any atom is 0.327 e. The van der Waals surface area contributed by atoms with Crippen molar-refractivity contribution in [2.45, 2.75) is 37.6 Å². The molecule has 0 spiro atoms. The Balaban J connectivity index is 1.75. The van der Waals surface area contributed by atoms with Crippen LogP contribution in [-0.2, 0) is 8.85 Å². The number of hydrogen-bond acceptors (Lipinski definition) is 2. The molecule has 0 N–H and O–H groups in total. The van der Waals surface area contributed by atoms with E-state index in [1.807, 2.05) is 14.2 Å². The molecular weight excluding hydrogens is 252 g/mol. The molecular formula is C16H26O2Si. The molecule has 2 nitrogen and oxygen atoms in total. The first-order chi connectivity index (χ1) is 9.25. The molecule has 4 aliphatic carbocycles. The Hall–Kier alpha value is -0.123. The van der Waals surface area contributed by atoms with Gasteiger partial charge in [-0.05, 0) is 54.8 Å². The maximum absolute atomic E-state index is 5.91. The van der Waals surface area contributed by atoms with Crippen LogP contribution in [0.5, 0.6) is 0 Å². The summed E-state index contributed by atoms with van der Waals surface area (Å²) in [6, 6.07) is 0. The predicted octanol–water partition coefficient (Wildman–Crippen LogP) is 3.13. The van der Waals surface area contributed by atoms with Gasteiger partial charge in [0.25, 0.3) is 0 Å². The molecule has 7 atom stereocenters. The van der Waals surface area contributed by atoms with Gasteiger partial charge in [-0.3, -0.25) is 0 Å². The molecule has 4 rings (SSSR count). The zero-order valence-electron chi connectivity index (χ0n) is 12.3. The average molecular weight is 278 g/mol. The molecule has 3 saturated carbocycles. The van der Waals surface area contributed by atoms with Gasteiger partial charge in [0.1, 0.15) is 0 Å². The van der Waals surface area contributed by atoms with E-state index < -0.39 is 9.28 Å². The highest BCUT2D eigenvalue weighted by Gasteiger charge is 2.70. The first kappa shape index (κ1) is 12.6. The van der Waals surface area contributed by atoms with E-state index in [1.54, 1.807) is 0 Å². The smallest absolute Gasteiger partial charge is 0.327 e. The lowest BCUT2D eigenvalue weighted by molar-refractivity contribution is 0.127. The van der Waals surface area contributed by atoms with Crippen LogP contribution in [0.25, 0.3) is 0 Å². The highest BCUT2D eigenvalue weighted by atomic mass is 28.3. The van der Waals surface area contributed by atoms with Crippen LogP contribution in [0.4, 0.5) is 0 Å². The normalized spacial score (nSPS) is 53.5. The molecule has 0 saturated heterocycles.